The van der Waals surface area contributed by atoms with Crippen LogP contribution in [0.4, 0.5) is 10.5 Å². The number of anilines is 1. The van der Waals surface area contributed by atoms with E-state index in [1.165, 1.54) is 18.4 Å². The van der Waals surface area contributed by atoms with E-state index in [-0.39, 0.29) is 6.03 Å². The molecule has 1 fully saturated rings. The first-order valence-electron chi connectivity index (χ1n) is 10.9. The van der Waals surface area contributed by atoms with Crippen LogP contribution < -0.4 is 10.1 Å². The summed E-state index contributed by atoms with van der Waals surface area (Å²) in [6, 6.07) is 14.5. The molecule has 2 aromatic carbocycles. The summed E-state index contributed by atoms with van der Waals surface area (Å²) in [5.74, 6) is 1.42. The van der Waals surface area contributed by atoms with Crippen LogP contribution in [0.25, 0.3) is 0 Å². The Bertz CT molecular complexity index is 835. The lowest BCUT2D eigenvalue weighted by Crippen LogP contribution is -2.43. The number of aryl methyl sites for hydroxylation is 2. The Balaban J connectivity index is 1.47. The van der Waals surface area contributed by atoms with Gasteiger partial charge in [-0.15, -0.1) is 0 Å². The summed E-state index contributed by atoms with van der Waals surface area (Å²) < 4.78 is 5.24. The fourth-order valence-corrected chi connectivity index (χ4v) is 4.13. The van der Waals surface area contributed by atoms with E-state index in [4.69, 9.17) is 4.74 Å². The number of carbonyl (C=O) groups excluding carboxylic acids is 1. The predicted molar refractivity (Wildman–Crippen MR) is 123 cm³/mol. The summed E-state index contributed by atoms with van der Waals surface area (Å²) in [5, 5.41) is 3.07. The van der Waals surface area contributed by atoms with Crippen LogP contribution in [0.3, 0.4) is 0 Å². The molecule has 0 spiro atoms. The van der Waals surface area contributed by atoms with Crippen molar-refractivity contribution in [3.8, 4) is 5.75 Å². The van der Waals surface area contributed by atoms with Crippen LogP contribution in [0, 0.1) is 19.8 Å². The van der Waals surface area contributed by atoms with Crippen LogP contribution in [0.15, 0.2) is 42.5 Å². The standard InChI is InChI=1S/C25H35N3O2/c1-19-7-8-20(2)24(16-19)26-25(29)27(3)17-22-6-5-14-28(18-22)15-13-21-9-11-23(30-4)12-10-21/h7-12,16,22H,5-6,13-15,17-18H2,1-4H3,(H,26,29). The second-order valence-corrected chi connectivity index (χ2v) is 8.54. The van der Waals surface area contributed by atoms with Crippen LogP contribution in [0.5, 0.6) is 5.75 Å². The molecular weight excluding hydrogens is 374 g/mol. The lowest BCUT2D eigenvalue weighted by Gasteiger charge is -2.34. The van der Waals surface area contributed by atoms with Gasteiger partial charge in [-0.05, 0) is 80.5 Å². The fraction of sp³-hybridized carbons (Fsp3) is 0.480. The quantitative estimate of drug-likeness (QED) is 0.719. The van der Waals surface area contributed by atoms with Crippen molar-refractivity contribution in [1.29, 1.82) is 0 Å². The molecular formula is C25H35N3O2. The monoisotopic (exact) mass is 409 g/mol. The number of carbonyl (C=O) groups is 1. The third-order valence-corrected chi connectivity index (χ3v) is 5.99. The Morgan fingerprint density at radius 1 is 1.20 bits per heavy atom. The van der Waals surface area contributed by atoms with Crippen molar-refractivity contribution in [3.63, 3.8) is 0 Å². The van der Waals surface area contributed by atoms with E-state index in [9.17, 15) is 4.79 Å². The maximum absolute atomic E-state index is 12.7. The molecule has 1 saturated heterocycles. The first-order chi connectivity index (χ1) is 14.4. The van der Waals surface area contributed by atoms with Crippen molar-refractivity contribution < 1.29 is 9.53 Å². The zero-order chi connectivity index (χ0) is 21.5. The summed E-state index contributed by atoms with van der Waals surface area (Å²) in [6.45, 7) is 8.11. The minimum absolute atomic E-state index is 0.0287. The van der Waals surface area contributed by atoms with E-state index >= 15 is 0 Å². The number of benzene rings is 2. The summed E-state index contributed by atoms with van der Waals surface area (Å²) in [5.41, 5.74) is 4.47. The molecule has 2 aromatic rings. The van der Waals surface area contributed by atoms with E-state index in [2.05, 4.69) is 28.4 Å². The van der Waals surface area contributed by atoms with Gasteiger partial charge in [-0.3, -0.25) is 0 Å². The molecule has 2 amide bonds. The highest BCUT2D eigenvalue weighted by Crippen LogP contribution is 2.20. The molecule has 1 N–H and O–H groups in total. The SMILES string of the molecule is COc1ccc(CCN2CCCC(CN(C)C(=O)Nc3cc(C)ccc3C)C2)cc1. The molecule has 1 unspecified atom stereocenters. The summed E-state index contributed by atoms with van der Waals surface area (Å²) in [4.78, 5) is 17.1. The fourth-order valence-electron chi connectivity index (χ4n) is 4.13. The van der Waals surface area contributed by atoms with Gasteiger partial charge in [-0.2, -0.15) is 0 Å². The van der Waals surface area contributed by atoms with Gasteiger partial charge in [0.2, 0.25) is 0 Å². The van der Waals surface area contributed by atoms with Crippen LogP contribution in [0.1, 0.15) is 29.5 Å². The number of nitrogens with zero attached hydrogens (tertiary/aromatic N) is 2. The number of ether oxygens (including phenoxy) is 1. The molecule has 5 nitrogen and oxygen atoms in total. The number of nitrogens with one attached hydrogen (secondary N) is 1. The first-order valence-corrected chi connectivity index (χ1v) is 10.9. The number of methoxy groups -OCH3 is 1. The van der Waals surface area contributed by atoms with Crippen molar-refractivity contribution in [2.75, 3.05) is 45.7 Å². The van der Waals surface area contributed by atoms with Gasteiger partial charge in [0.1, 0.15) is 5.75 Å². The molecule has 0 bridgehead atoms. The van der Waals surface area contributed by atoms with Crippen LogP contribution in [-0.2, 0) is 6.42 Å². The normalized spacial score (nSPS) is 16.9. The zero-order valence-corrected chi connectivity index (χ0v) is 18.8. The van der Waals surface area contributed by atoms with Gasteiger partial charge in [0, 0.05) is 32.4 Å². The Morgan fingerprint density at radius 2 is 1.97 bits per heavy atom. The molecule has 0 radical (unpaired) electrons. The number of hydrogen-bond acceptors (Lipinski definition) is 3. The van der Waals surface area contributed by atoms with E-state index in [0.29, 0.717) is 5.92 Å². The van der Waals surface area contributed by atoms with Gasteiger partial charge >= 0.3 is 6.03 Å². The molecule has 1 aliphatic rings. The molecule has 0 aromatic heterocycles. The van der Waals surface area contributed by atoms with E-state index in [0.717, 1.165) is 55.2 Å². The minimum Gasteiger partial charge on any atom is -0.497 e. The molecule has 162 valence electrons. The van der Waals surface area contributed by atoms with E-state index in [1.54, 1.807) is 7.11 Å². The molecule has 30 heavy (non-hydrogen) atoms. The van der Waals surface area contributed by atoms with Crippen molar-refractivity contribution in [1.82, 2.24) is 9.80 Å². The molecule has 1 atom stereocenters. The third-order valence-electron chi connectivity index (χ3n) is 5.99. The highest BCUT2D eigenvalue weighted by atomic mass is 16.5. The Kier molecular flexibility index (Phi) is 7.75. The Morgan fingerprint density at radius 3 is 2.70 bits per heavy atom. The van der Waals surface area contributed by atoms with Gasteiger partial charge < -0.3 is 19.9 Å². The number of urea groups is 1. The van der Waals surface area contributed by atoms with Crippen molar-refractivity contribution >= 4 is 11.7 Å². The first kappa shape index (κ1) is 22.2. The van der Waals surface area contributed by atoms with Gasteiger partial charge in [0.15, 0.2) is 0 Å². The zero-order valence-electron chi connectivity index (χ0n) is 18.8. The average Bonchev–Trinajstić information content (AvgIpc) is 2.75. The number of rotatable bonds is 7. The molecule has 0 saturated carbocycles. The number of amides is 2. The molecule has 5 heteroatoms. The van der Waals surface area contributed by atoms with Crippen molar-refractivity contribution in [2.45, 2.75) is 33.1 Å². The lowest BCUT2D eigenvalue weighted by molar-refractivity contribution is 0.150. The maximum Gasteiger partial charge on any atom is 0.321 e. The lowest BCUT2D eigenvalue weighted by atomic mass is 9.97. The highest BCUT2D eigenvalue weighted by molar-refractivity contribution is 5.90. The second kappa shape index (κ2) is 10.5. The van der Waals surface area contributed by atoms with Crippen LogP contribution >= 0.6 is 0 Å². The van der Waals surface area contributed by atoms with Crippen LogP contribution in [-0.4, -0.2) is 56.2 Å². The molecule has 0 aliphatic carbocycles. The van der Waals surface area contributed by atoms with Gasteiger partial charge in [-0.1, -0.05) is 24.3 Å². The smallest absolute Gasteiger partial charge is 0.321 e. The molecule has 1 heterocycles. The minimum atomic E-state index is -0.0287. The van der Waals surface area contributed by atoms with Crippen molar-refractivity contribution in [3.05, 3.63) is 59.2 Å². The summed E-state index contributed by atoms with van der Waals surface area (Å²) in [6.07, 6.45) is 3.42. The number of hydrogen-bond donors (Lipinski definition) is 1. The Hall–Kier alpha value is -2.53. The molecule has 1 aliphatic heterocycles. The maximum atomic E-state index is 12.7. The van der Waals surface area contributed by atoms with Gasteiger partial charge in [0.25, 0.3) is 0 Å². The Labute approximate surface area is 181 Å². The number of likely N-dealkylation sites (tertiary alicyclic amines) is 1. The van der Waals surface area contributed by atoms with E-state index in [1.807, 2.05) is 50.1 Å². The second-order valence-electron chi connectivity index (χ2n) is 8.54. The topological polar surface area (TPSA) is 44.8 Å². The average molecular weight is 410 g/mol. The highest BCUT2D eigenvalue weighted by Gasteiger charge is 2.22. The van der Waals surface area contributed by atoms with Crippen molar-refractivity contribution in [2.24, 2.45) is 5.92 Å². The largest absolute Gasteiger partial charge is 0.497 e. The van der Waals surface area contributed by atoms with Gasteiger partial charge in [0.05, 0.1) is 7.11 Å². The predicted octanol–water partition coefficient (Wildman–Crippen LogP) is 4.73. The number of piperidine rings is 1. The summed E-state index contributed by atoms with van der Waals surface area (Å²) >= 11 is 0. The van der Waals surface area contributed by atoms with Crippen LogP contribution in [0.2, 0.25) is 0 Å². The van der Waals surface area contributed by atoms with Gasteiger partial charge in [-0.25, -0.2) is 4.79 Å². The summed E-state index contributed by atoms with van der Waals surface area (Å²) in [7, 11) is 3.60. The van der Waals surface area contributed by atoms with E-state index < -0.39 is 0 Å². The third kappa shape index (κ3) is 6.23. The molecule has 3 rings (SSSR count).